The first-order valence-corrected chi connectivity index (χ1v) is 7.74. The van der Waals surface area contributed by atoms with E-state index < -0.39 is 0 Å². The van der Waals surface area contributed by atoms with Crippen LogP contribution >= 0.6 is 11.8 Å². The lowest BCUT2D eigenvalue weighted by atomic mass is 10.1. The van der Waals surface area contributed by atoms with Gasteiger partial charge in [-0.2, -0.15) is 11.8 Å². The summed E-state index contributed by atoms with van der Waals surface area (Å²) in [6, 6.07) is 7.91. The predicted molar refractivity (Wildman–Crippen MR) is 79.6 cm³/mol. The molecule has 19 heavy (non-hydrogen) atoms. The van der Waals surface area contributed by atoms with E-state index in [1.165, 1.54) is 0 Å². The molecule has 1 fully saturated rings. The molecular formula is C14H20N2O2S. The quantitative estimate of drug-likeness (QED) is 0.760. The van der Waals surface area contributed by atoms with Crippen LogP contribution in [0.15, 0.2) is 24.3 Å². The fourth-order valence-electron chi connectivity index (χ4n) is 2.07. The Morgan fingerprint density at radius 1 is 1.42 bits per heavy atom. The fourth-order valence-corrected chi connectivity index (χ4v) is 3.02. The van der Waals surface area contributed by atoms with E-state index in [-0.39, 0.29) is 18.6 Å². The van der Waals surface area contributed by atoms with Crippen molar-refractivity contribution in [3.8, 4) is 0 Å². The molecule has 1 atom stereocenters. The minimum absolute atomic E-state index is 0.0508. The molecule has 1 aliphatic heterocycles. The van der Waals surface area contributed by atoms with Gasteiger partial charge in [0, 0.05) is 42.8 Å². The number of nitrogens with one attached hydrogen (secondary N) is 2. The molecule has 0 saturated carbocycles. The average molecular weight is 280 g/mol. The van der Waals surface area contributed by atoms with Crippen LogP contribution in [-0.2, 0) is 11.2 Å². The summed E-state index contributed by atoms with van der Waals surface area (Å²) >= 11 is 1.89. The van der Waals surface area contributed by atoms with E-state index in [2.05, 4.69) is 10.6 Å². The largest absolute Gasteiger partial charge is 0.396 e. The van der Waals surface area contributed by atoms with Crippen molar-refractivity contribution < 1.29 is 9.90 Å². The van der Waals surface area contributed by atoms with E-state index in [9.17, 15) is 4.79 Å². The number of aliphatic hydroxyl groups excluding tert-OH is 1. The maximum atomic E-state index is 11.9. The smallest absolute Gasteiger partial charge is 0.225 e. The Hall–Kier alpha value is -1.04. The van der Waals surface area contributed by atoms with Crippen molar-refractivity contribution >= 4 is 23.4 Å². The van der Waals surface area contributed by atoms with Crippen molar-refractivity contribution in [1.29, 1.82) is 0 Å². The minimum atomic E-state index is 0.0508. The summed E-state index contributed by atoms with van der Waals surface area (Å²) in [6.45, 7) is 1.13. The average Bonchev–Trinajstić information content (AvgIpc) is 2.42. The second-order valence-electron chi connectivity index (χ2n) is 4.65. The van der Waals surface area contributed by atoms with Crippen LogP contribution in [0, 0.1) is 0 Å². The number of aliphatic hydroxyl groups is 1. The number of rotatable bonds is 5. The molecule has 0 radical (unpaired) electrons. The monoisotopic (exact) mass is 280 g/mol. The topological polar surface area (TPSA) is 61.4 Å². The van der Waals surface area contributed by atoms with E-state index >= 15 is 0 Å². The zero-order valence-electron chi connectivity index (χ0n) is 10.9. The summed E-state index contributed by atoms with van der Waals surface area (Å²) in [5, 5.41) is 15.1. The third-order valence-electron chi connectivity index (χ3n) is 3.07. The minimum Gasteiger partial charge on any atom is -0.396 e. The lowest BCUT2D eigenvalue weighted by Gasteiger charge is -2.22. The maximum Gasteiger partial charge on any atom is 0.225 e. The van der Waals surface area contributed by atoms with Crippen molar-refractivity contribution in [2.24, 2.45) is 0 Å². The molecule has 1 amide bonds. The van der Waals surface area contributed by atoms with Crippen molar-refractivity contribution in [2.45, 2.75) is 18.9 Å². The zero-order chi connectivity index (χ0) is 13.5. The molecule has 1 saturated heterocycles. The molecule has 0 aromatic heterocycles. The van der Waals surface area contributed by atoms with E-state index in [1.807, 2.05) is 36.0 Å². The summed E-state index contributed by atoms with van der Waals surface area (Å²) in [6.07, 6.45) is 1.17. The van der Waals surface area contributed by atoms with E-state index in [0.29, 0.717) is 12.8 Å². The van der Waals surface area contributed by atoms with Gasteiger partial charge >= 0.3 is 0 Å². The zero-order valence-corrected chi connectivity index (χ0v) is 11.7. The molecule has 2 rings (SSSR count). The van der Waals surface area contributed by atoms with E-state index in [1.54, 1.807) is 0 Å². The Balaban J connectivity index is 1.80. The van der Waals surface area contributed by atoms with Crippen molar-refractivity contribution in [3.05, 3.63) is 29.8 Å². The van der Waals surface area contributed by atoms with Gasteiger partial charge in [0.1, 0.15) is 0 Å². The number of carbonyl (C=O) groups is 1. The third-order valence-corrected chi connectivity index (χ3v) is 4.20. The van der Waals surface area contributed by atoms with Crippen LogP contribution in [0.2, 0.25) is 0 Å². The number of hydrogen-bond donors (Lipinski definition) is 3. The number of amides is 1. The molecule has 1 unspecified atom stereocenters. The molecular weight excluding hydrogens is 260 g/mol. The van der Waals surface area contributed by atoms with Crippen LogP contribution in [0.1, 0.15) is 12.0 Å². The van der Waals surface area contributed by atoms with Gasteiger partial charge in [-0.05, 0) is 24.1 Å². The molecule has 1 aromatic carbocycles. The maximum absolute atomic E-state index is 11.9. The highest BCUT2D eigenvalue weighted by atomic mass is 32.2. The highest BCUT2D eigenvalue weighted by molar-refractivity contribution is 7.99. The highest BCUT2D eigenvalue weighted by Gasteiger charge is 2.16. The summed E-state index contributed by atoms with van der Waals surface area (Å²) in [4.78, 5) is 11.9. The number of hydrogen-bond acceptors (Lipinski definition) is 4. The van der Waals surface area contributed by atoms with Crippen LogP contribution < -0.4 is 10.6 Å². The molecule has 4 nitrogen and oxygen atoms in total. The van der Waals surface area contributed by atoms with Gasteiger partial charge in [-0.3, -0.25) is 4.79 Å². The van der Waals surface area contributed by atoms with Crippen LogP contribution in [0.3, 0.4) is 0 Å². The number of benzene rings is 1. The van der Waals surface area contributed by atoms with Gasteiger partial charge in [-0.1, -0.05) is 12.1 Å². The van der Waals surface area contributed by atoms with Gasteiger partial charge in [0.15, 0.2) is 0 Å². The normalized spacial score (nSPS) is 19.1. The number of thioether (sulfide) groups is 1. The molecule has 0 bridgehead atoms. The lowest BCUT2D eigenvalue weighted by Crippen LogP contribution is -2.39. The molecule has 1 aliphatic rings. The summed E-state index contributed by atoms with van der Waals surface area (Å²) in [5.74, 6) is 2.18. The summed E-state index contributed by atoms with van der Waals surface area (Å²) in [5.41, 5.74) is 1.89. The molecule has 1 aromatic rings. The van der Waals surface area contributed by atoms with Crippen LogP contribution in [0.5, 0.6) is 0 Å². The van der Waals surface area contributed by atoms with Crippen LogP contribution in [-0.4, -0.2) is 41.7 Å². The second-order valence-corrected chi connectivity index (χ2v) is 5.80. The fraction of sp³-hybridized carbons (Fsp3) is 0.500. The van der Waals surface area contributed by atoms with Gasteiger partial charge in [0.2, 0.25) is 5.91 Å². The van der Waals surface area contributed by atoms with Gasteiger partial charge in [-0.15, -0.1) is 0 Å². The summed E-state index contributed by atoms with van der Waals surface area (Å²) in [7, 11) is 0. The molecule has 3 N–H and O–H groups in total. The first-order chi connectivity index (χ1) is 9.28. The Morgan fingerprint density at radius 3 is 2.84 bits per heavy atom. The summed E-state index contributed by atoms with van der Waals surface area (Å²) < 4.78 is 0. The van der Waals surface area contributed by atoms with Crippen molar-refractivity contribution in [2.75, 3.05) is 30.0 Å². The van der Waals surface area contributed by atoms with Crippen molar-refractivity contribution in [3.63, 3.8) is 0 Å². The second kappa shape index (κ2) is 7.53. The predicted octanol–water partition coefficient (Wildman–Crippen LogP) is 1.25. The Labute approximate surface area is 118 Å². The van der Waals surface area contributed by atoms with Gasteiger partial charge < -0.3 is 15.7 Å². The van der Waals surface area contributed by atoms with Gasteiger partial charge in [0.25, 0.3) is 0 Å². The number of carbonyl (C=O) groups excluding carboxylic acids is 1. The lowest BCUT2D eigenvalue weighted by molar-refractivity contribution is -0.116. The standard InChI is InChI=1S/C14H20N2O2S/c17-7-5-11-1-3-12(4-2-11)16-14(18)9-13-10-19-8-6-15-13/h1-4,13,15,17H,5-10H2,(H,16,18). The Kier molecular flexibility index (Phi) is 5.69. The van der Waals surface area contributed by atoms with Gasteiger partial charge in [-0.25, -0.2) is 0 Å². The third kappa shape index (κ3) is 4.86. The SMILES string of the molecule is O=C(CC1CSCCN1)Nc1ccc(CCO)cc1. The molecule has 104 valence electrons. The molecule has 1 heterocycles. The van der Waals surface area contributed by atoms with E-state index in [0.717, 1.165) is 29.3 Å². The number of anilines is 1. The van der Waals surface area contributed by atoms with Crippen molar-refractivity contribution in [1.82, 2.24) is 5.32 Å². The molecule has 5 heteroatoms. The first-order valence-electron chi connectivity index (χ1n) is 6.58. The molecule has 0 aliphatic carbocycles. The Bertz CT molecular complexity index is 402. The first kappa shape index (κ1) is 14.4. The molecule has 0 spiro atoms. The van der Waals surface area contributed by atoms with Crippen LogP contribution in [0.25, 0.3) is 0 Å². The van der Waals surface area contributed by atoms with Crippen LogP contribution in [0.4, 0.5) is 5.69 Å². The van der Waals surface area contributed by atoms with E-state index in [4.69, 9.17) is 5.11 Å². The Morgan fingerprint density at radius 2 is 2.21 bits per heavy atom. The van der Waals surface area contributed by atoms with Gasteiger partial charge in [0.05, 0.1) is 0 Å². The highest BCUT2D eigenvalue weighted by Crippen LogP contribution is 2.13.